The molecule has 1 saturated carbocycles. The van der Waals surface area contributed by atoms with Crippen LogP contribution in [0.2, 0.25) is 5.02 Å². The van der Waals surface area contributed by atoms with Crippen LogP contribution in [-0.4, -0.2) is 91.4 Å². The highest BCUT2D eigenvalue weighted by Crippen LogP contribution is 2.43. The van der Waals surface area contributed by atoms with Gasteiger partial charge in [0.15, 0.2) is 12.4 Å². The van der Waals surface area contributed by atoms with E-state index in [1.54, 1.807) is 48.5 Å². The van der Waals surface area contributed by atoms with Crippen LogP contribution in [0.15, 0.2) is 109 Å². The lowest BCUT2D eigenvalue weighted by atomic mass is 9.87. The van der Waals surface area contributed by atoms with Crippen molar-refractivity contribution in [2.75, 3.05) is 56.0 Å². The van der Waals surface area contributed by atoms with Crippen molar-refractivity contribution in [3.63, 3.8) is 0 Å². The number of carboxylic acids is 1. The third-order valence-corrected chi connectivity index (χ3v) is 14.5. The minimum absolute atomic E-state index is 0.0517. The quantitative estimate of drug-likeness (QED) is 0.0293. The topological polar surface area (TPSA) is 250 Å². The molecule has 6 aromatic rings. The number of halogens is 1. The molecule has 8 rings (SSSR count). The van der Waals surface area contributed by atoms with E-state index in [1.807, 2.05) is 44.2 Å². The molecule has 1 unspecified atom stereocenters. The van der Waals surface area contributed by atoms with Gasteiger partial charge in [-0.2, -0.15) is 0 Å². The number of methoxy groups -OCH3 is 1. The highest BCUT2D eigenvalue weighted by Gasteiger charge is 2.39. The summed E-state index contributed by atoms with van der Waals surface area (Å²) in [4.78, 5) is 93.0. The van der Waals surface area contributed by atoms with Crippen LogP contribution in [0, 0.1) is 25.7 Å². The molecule has 6 N–H and O–H groups in total. The predicted molar refractivity (Wildman–Crippen MR) is 302 cm³/mol. The standard InChI is InChI=1S/C61H63ClN6O12/c1-36-37(2)57-42(28-46(58(57)72)39-13-5-6-14-39)29-52(36)79-32-38-12-11-15-40(26-38)41-17-22-51(47(27-41)61(75)76)80-35-55(70)65-25-9-4-8-24-64-54(69)33-78-34-56(71)66-43-18-20-45(48(62)30-43)59(73)68-49-21-19-44(31-53(49)77-3)67-60(74)50-16-7-10-23-63-50/h7,10-12,15-23,26-27,29-31,39,46H,4-6,8-9,13-14,24-25,28,32-35H2,1-3H3,(H,64,69)(H,65,70)(H,66,71)(H,67,74)(H,68,73)(H,75,76). The summed E-state index contributed by atoms with van der Waals surface area (Å²) < 4.78 is 22.7. The SMILES string of the molecule is COc1cc(NC(=O)c2ccccn2)ccc1NC(=O)c1ccc(NC(=O)COCC(=O)NCCCCCNC(=O)COc2ccc(-c3cccc(COc4cc5c(c(C)c4C)C(=O)C(C4CCCC4)C5)c3)cc2C(=O)O)cc1Cl. The van der Waals surface area contributed by atoms with Crippen molar-refractivity contribution in [3.8, 4) is 28.4 Å². The lowest BCUT2D eigenvalue weighted by Gasteiger charge is -2.16. The number of aromatic carboxylic acids is 1. The zero-order valence-corrected chi connectivity index (χ0v) is 45.5. The van der Waals surface area contributed by atoms with E-state index in [0.717, 1.165) is 58.4 Å². The van der Waals surface area contributed by atoms with Gasteiger partial charge in [0, 0.05) is 48.2 Å². The molecule has 1 fully saturated rings. The summed E-state index contributed by atoms with van der Waals surface area (Å²) in [5.41, 5.74) is 7.51. The van der Waals surface area contributed by atoms with Crippen LogP contribution < -0.4 is 40.8 Å². The van der Waals surface area contributed by atoms with E-state index in [9.17, 15) is 38.7 Å². The lowest BCUT2D eigenvalue weighted by molar-refractivity contribution is -0.128. The molecule has 1 aromatic heterocycles. The zero-order valence-electron chi connectivity index (χ0n) is 44.7. The molecule has 80 heavy (non-hydrogen) atoms. The number of nitrogens with zero attached hydrogens (tertiary/aromatic N) is 1. The molecule has 1 atom stereocenters. The molecular formula is C61H63ClN6O12. The molecule has 18 nitrogen and oxygen atoms in total. The molecule has 5 aromatic carbocycles. The van der Waals surface area contributed by atoms with Gasteiger partial charge in [-0.25, -0.2) is 4.79 Å². The van der Waals surface area contributed by atoms with Gasteiger partial charge in [0.05, 0.1) is 23.4 Å². The van der Waals surface area contributed by atoms with Crippen LogP contribution in [0.25, 0.3) is 11.1 Å². The summed E-state index contributed by atoms with van der Waals surface area (Å²) >= 11 is 6.42. The molecule has 19 heteroatoms. The summed E-state index contributed by atoms with van der Waals surface area (Å²) in [7, 11) is 1.42. The van der Waals surface area contributed by atoms with Crippen LogP contribution in [0.3, 0.4) is 0 Å². The summed E-state index contributed by atoms with van der Waals surface area (Å²) in [6, 6.07) is 28.5. The number of unbranched alkanes of at least 4 members (excludes halogenated alkanes) is 2. The Labute approximate surface area is 468 Å². The molecule has 0 saturated heterocycles. The second kappa shape index (κ2) is 27.3. The Morgan fingerprint density at radius 3 is 2.11 bits per heavy atom. The highest BCUT2D eigenvalue weighted by molar-refractivity contribution is 6.34. The Hall–Kier alpha value is -8.61. The summed E-state index contributed by atoms with van der Waals surface area (Å²) in [5, 5.41) is 23.7. The first-order valence-electron chi connectivity index (χ1n) is 26.5. The zero-order chi connectivity index (χ0) is 56.7. The largest absolute Gasteiger partial charge is 0.494 e. The van der Waals surface area contributed by atoms with E-state index in [4.69, 9.17) is 30.5 Å². The number of amides is 5. The summed E-state index contributed by atoms with van der Waals surface area (Å²) in [6.45, 7) is 3.80. The Bertz CT molecular complexity index is 3290. The normalized spacial score (nSPS) is 13.7. The fourth-order valence-electron chi connectivity index (χ4n) is 9.96. The van der Waals surface area contributed by atoms with Crippen LogP contribution >= 0.6 is 11.6 Å². The number of carboxylic acid groups (broad SMARTS) is 1. The van der Waals surface area contributed by atoms with Crippen molar-refractivity contribution in [2.24, 2.45) is 11.8 Å². The summed E-state index contributed by atoms with van der Waals surface area (Å²) in [5.74, 6) is -1.65. The van der Waals surface area contributed by atoms with Crippen molar-refractivity contribution in [1.82, 2.24) is 15.6 Å². The van der Waals surface area contributed by atoms with Gasteiger partial charge in [0.25, 0.3) is 17.7 Å². The molecule has 416 valence electrons. The smallest absolute Gasteiger partial charge is 0.339 e. The van der Waals surface area contributed by atoms with E-state index < -0.39 is 42.1 Å². The van der Waals surface area contributed by atoms with Crippen LogP contribution in [0.5, 0.6) is 17.2 Å². The van der Waals surface area contributed by atoms with Gasteiger partial charge in [-0.1, -0.05) is 54.8 Å². The van der Waals surface area contributed by atoms with Crippen LogP contribution in [-0.2, 0) is 32.1 Å². The van der Waals surface area contributed by atoms with Crippen molar-refractivity contribution >= 4 is 70.0 Å². The second-order valence-corrected chi connectivity index (χ2v) is 20.1. The maximum atomic E-state index is 13.5. The number of anilines is 3. The van der Waals surface area contributed by atoms with Crippen molar-refractivity contribution in [1.29, 1.82) is 0 Å². The molecule has 5 amide bonds. The number of ketones is 1. The van der Waals surface area contributed by atoms with E-state index >= 15 is 0 Å². The summed E-state index contributed by atoms with van der Waals surface area (Å²) in [6.07, 6.45) is 8.81. The average molecular weight is 1110 g/mol. The third-order valence-electron chi connectivity index (χ3n) is 14.2. The number of benzene rings is 5. The number of carbonyl (C=O) groups is 7. The predicted octanol–water partition coefficient (Wildman–Crippen LogP) is 9.79. The van der Waals surface area contributed by atoms with Gasteiger partial charge in [-0.3, -0.25) is 33.8 Å². The number of hydrogen-bond donors (Lipinski definition) is 6. The van der Waals surface area contributed by atoms with Crippen molar-refractivity contribution in [2.45, 2.75) is 71.8 Å². The number of Topliss-reactive ketones (excluding diaryl/α,β-unsaturated/α-hetero) is 1. The van der Waals surface area contributed by atoms with E-state index in [2.05, 4.69) is 31.6 Å². The minimum atomic E-state index is -1.20. The molecule has 2 aliphatic carbocycles. The minimum Gasteiger partial charge on any atom is -0.494 e. The second-order valence-electron chi connectivity index (χ2n) is 19.7. The first kappa shape index (κ1) is 57.6. The van der Waals surface area contributed by atoms with Gasteiger partial charge in [0.1, 0.15) is 48.3 Å². The van der Waals surface area contributed by atoms with E-state index in [-0.39, 0.29) is 64.9 Å². The first-order chi connectivity index (χ1) is 38.6. The van der Waals surface area contributed by atoms with Gasteiger partial charge < -0.3 is 50.6 Å². The fourth-order valence-corrected chi connectivity index (χ4v) is 10.2. The molecule has 0 bridgehead atoms. The Balaban J connectivity index is 0.691. The lowest BCUT2D eigenvalue weighted by Crippen LogP contribution is -2.31. The molecule has 0 aliphatic heterocycles. The maximum absolute atomic E-state index is 13.5. The van der Waals surface area contributed by atoms with Crippen molar-refractivity contribution < 1.29 is 57.6 Å². The van der Waals surface area contributed by atoms with E-state index in [1.165, 1.54) is 50.4 Å². The number of rotatable bonds is 25. The van der Waals surface area contributed by atoms with Gasteiger partial charge in [0.2, 0.25) is 11.8 Å². The van der Waals surface area contributed by atoms with Gasteiger partial charge >= 0.3 is 5.97 Å². The Morgan fingerprint density at radius 2 is 1.39 bits per heavy atom. The number of hydrogen-bond acceptors (Lipinski definition) is 12. The van der Waals surface area contributed by atoms with E-state index in [0.29, 0.717) is 60.9 Å². The Kier molecular flexibility index (Phi) is 19.7. The molecule has 1 heterocycles. The van der Waals surface area contributed by atoms with Gasteiger partial charge in [-0.05, 0) is 158 Å². The number of ether oxygens (including phenoxy) is 4. The Morgan fingerprint density at radius 1 is 0.662 bits per heavy atom. The van der Waals surface area contributed by atoms with Gasteiger partial charge in [-0.15, -0.1) is 0 Å². The number of nitrogens with one attached hydrogen (secondary N) is 5. The van der Waals surface area contributed by atoms with Crippen LogP contribution in [0.1, 0.15) is 109 Å². The third kappa shape index (κ3) is 14.9. The highest BCUT2D eigenvalue weighted by atomic mass is 35.5. The maximum Gasteiger partial charge on any atom is 0.339 e. The number of carbonyl (C=O) groups excluding carboxylic acids is 6. The number of aromatic nitrogens is 1. The molecular weight excluding hydrogens is 1040 g/mol. The van der Waals surface area contributed by atoms with Crippen molar-refractivity contribution in [3.05, 3.63) is 159 Å². The average Bonchev–Trinajstić information content (AvgIpc) is 4.25. The first-order valence-corrected chi connectivity index (χ1v) is 26.8. The van der Waals surface area contributed by atoms with Crippen LogP contribution in [0.4, 0.5) is 17.1 Å². The molecule has 0 radical (unpaired) electrons. The monoisotopic (exact) mass is 1110 g/mol. The molecule has 2 aliphatic rings. The molecule has 0 spiro atoms. The number of pyridine rings is 1. The number of fused-ring (bicyclic) bond motifs is 1. The fraction of sp³-hybridized carbons (Fsp3) is 0.311.